The predicted octanol–water partition coefficient (Wildman–Crippen LogP) is 2.86. The molecule has 0 aromatic heterocycles. The molecule has 0 bridgehead atoms. The van der Waals surface area contributed by atoms with E-state index in [1.165, 1.54) is 0 Å². The summed E-state index contributed by atoms with van der Waals surface area (Å²) in [7, 11) is 0. The van der Waals surface area contributed by atoms with E-state index in [4.69, 9.17) is 0 Å². The van der Waals surface area contributed by atoms with Gasteiger partial charge in [-0.1, -0.05) is 28.1 Å². The lowest BCUT2D eigenvalue weighted by Gasteiger charge is -2.26. The Morgan fingerprint density at radius 1 is 1.29 bits per heavy atom. The lowest BCUT2D eigenvalue weighted by Crippen LogP contribution is -2.36. The third-order valence-electron chi connectivity index (χ3n) is 2.71. The van der Waals surface area contributed by atoms with Crippen LogP contribution in [0, 0.1) is 0 Å². The van der Waals surface area contributed by atoms with Crippen molar-refractivity contribution in [2.24, 2.45) is 0 Å². The van der Waals surface area contributed by atoms with E-state index in [1.807, 2.05) is 24.3 Å². The van der Waals surface area contributed by atoms with Crippen molar-refractivity contribution in [1.82, 2.24) is 5.32 Å². The van der Waals surface area contributed by atoms with Gasteiger partial charge in [0.05, 0.1) is 0 Å². The summed E-state index contributed by atoms with van der Waals surface area (Å²) in [4.78, 5) is 0. The van der Waals surface area contributed by atoms with Crippen LogP contribution in [-0.2, 0) is 0 Å². The maximum atomic E-state index is 13.6. The van der Waals surface area contributed by atoms with Gasteiger partial charge in [-0.2, -0.15) is 0 Å². The number of piperidine rings is 1. The molecule has 1 N–H and O–H groups in total. The number of benzene rings is 1. The van der Waals surface area contributed by atoms with E-state index in [0.29, 0.717) is 6.54 Å². The zero-order valence-corrected chi connectivity index (χ0v) is 9.43. The highest BCUT2D eigenvalue weighted by Gasteiger charge is 2.25. The largest absolute Gasteiger partial charge is 0.314 e. The van der Waals surface area contributed by atoms with E-state index in [1.54, 1.807) is 0 Å². The van der Waals surface area contributed by atoms with Gasteiger partial charge in [0, 0.05) is 16.9 Å². The number of nitrogens with one attached hydrogen (secondary N) is 1. The molecule has 14 heavy (non-hydrogen) atoms. The van der Waals surface area contributed by atoms with E-state index in [9.17, 15) is 4.39 Å². The maximum Gasteiger partial charge on any atom is 0.119 e. The topological polar surface area (TPSA) is 12.0 Å². The fourth-order valence-corrected chi connectivity index (χ4v) is 2.17. The second-order valence-electron chi connectivity index (χ2n) is 3.67. The Bertz CT molecular complexity index is 299. The predicted molar refractivity (Wildman–Crippen MR) is 59.3 cm³/mol. The first-order chi connectivity index (χ1) is 6.77. The molecule has 1 aliphatic heterocycles. The van der Waals surface area contributed by atoms with Gasteiger partial charge < -0.3 is 5.32 Å². The smallest absolute Gasteiger partial charge is 0.119 e. The Balaban J connectivity index is 2.16. The summed E-state index contributed by atoms with van der Waals surface area (Å²) in [5.41, 5.74) is 1.11. The Morgan fingerprint density at radius 3 is 2.64 bits per heavy atom. The average molecular weight is 258 g/mol. The van der Waals surface area contributed by atoms with Crippen LogP contribution in [0.15, 0.2) is 28.7 Å². The zero-order chi connectivity index (χ0) is 9.97. The summed E-state index contributed by atoms with van der Waals surface area (Å²) in [6, 6.07) is 7.97. The van der Waals surface area contributed by atoms with Crippen LogP contribution < -0.4 is 5.32 Å². The summed E-state index contributed by atoms with van der Waals surface area (Å²) in [5.74, 6) is 0.0735. The second-order valence-corrected chi connectivity index (χ2v) is 4.58. The van der Waals surface area contributed by atoms with Crippen LogP contribution >= 0.6 is 15.9 Å². The van der Waals surface area contributed by atoms with Gasteiger partial charge in [-0.05, 0) is 30.7 Å². The summed E-state index contributed by atoms with van der Waals surface area (Å²) in [6.07, 6.45) is 0.146. The van der Waals surface area contributed by atoms with Crippen molar-refractivity contribution < 1.29 is 4.39 Å². The SMILES string of the molecule is F[C@H]1CNCC[C@@H]1c1ccc(Br)cc1. The first kappa shape index (κ1) is 10.1. The molecule has 1 aromatic rings. The fourth-order valence-electron chi connectivity index (χ4n) is 1.91. The number of rotatable bonds is 1. The highest BCUT2D eigenvalue weighted by atomic mass is 79.9. The summed E-state index contributed by atoms with van der Waals surface area (Å²) in [5, 5.41) is 3.06. The average Bonchev–Trinajstić information content (AvgIpc) is 2.20. The molecule has 1 fully saturated rings. The van der Waals surface area contributed by atoms with Gasteiger partial charge in [0.1, 0.15) is 6.17 Å². The summed E-state index contributed by atoms with van der Waals surface area (Å²) in [6.45, 7) is 1.40. The molecule has 0 amide bonds. The molecular weight excluding hydrogens is 245 g/mol. The van der Waals surface area contributed by atoms with E-state index < -0.39 is 6.17 Å². The normalized spacial score (nSPS) is 27.6. The fraction of sp³-hybridized carbons (Fsp3) is 0.455. The van der Waals surface area contributed by atoms with E-state index in [2.05, 4.69) is 21.2 Å². The van der Waals surface area contributed by atoms with Crippen LogP contribution in [0.3, 0.4) is 0 Å². The van der Waals surface area contributed by atoms with E-state index in [-0.39, 0.29) is 5.92 Å². The first-order valence-electron chi connectivity index (χ1n) is 4.87. The van der Waals surface area contributed by atoms with Gasteiger partial charge in [0.2, 0.25) is 0 Å². The lowest BCUT2D eigenvalue weighted by molar-refractivity contribution is 0.231. The van der Waals surface area contributed by atoms with Gasteiger partial charge in [-0.25, -0.2) is 4.39 Å². The van der Waals surface area contributed by atoms with Gasteiger partial charge in [0.15, 0.2) is 0 Å². The summed E-state index contributed by atoms with van der Waals surface area (Å²) >= 11 is 3.38. The minimum absolute atomic E-state index is 0.0735. The van der Waals surface area contributed by atoms with Crippen molar-refractivity contribution in [3.63, 3.8) is 0 Å². The highest BCUT2D eigenvalue weighted by Crippen LogP contribution is 2.28. The molecule has 1 heterocycles. The van der Waals surface area contributed by atoms with E-state index >= 15 is 0 Å². The zero-order valence-electron chi connectivity index (χ0n) is 7.84. The molecule has 2 atom stereocenters. The van der Waals surface area contributed by atoms with Gasteiger partial charge in [0.25, 0.3) is 0 Å². The number of halogens is 2. The lowest BCUT2D eigenvalue weighted by atomic mass is 9.89. The van der Waals surface area contributed by atoms with Crippen LogP contribution in [0.1, 0.15) is 17.9 Å². The Hall–Kier alpha value is -0.410. The number of alkyl halides is 1. The maximum absolute atomic E-state index is 13.6. The molecule has 3 heteroatoms. The number of hydrogen-bond acceptors (Lipinski definition) is 1. The molecule has 0 unspecified atom stereocenters. The van der Waals surface area contributed by atoms with Crippen molar-refractivity contribution in [2.75, 3.05) is 13.1 Å². The molecule has 1 aromatic carbocycles. The summed E-state index contributed by atoms with van der Waals surface area (Å²) < 4.78 is 14.6. The molecule has 1 nitrogen and oxygen atoms in total. The van der Waals surface area contributed by atoms with Gasteiger partial charge >= 0.3 is 0 Å². The molecule has 2 rings (SSSR count). The molecule has 1 saturated heterocycles. The molecule has 0 saturated carbocycles. The monoisotopic (exact) mass is 257 g/mol. The van der Waals surface area contributed by atoms with Crippen LogP contribution in [0.25, 0.3) is 0 Å². The Kier molecular flexibility index (Phi) is 3.19. The van der Waals surface area contributed by atoms with E-state index in [0.717, 1.165) is 23.0 Å². The quantitative estimate of drug-likeness (QED) is 0.816. The van der Waals surface area contributed by atoms with Crippen LogP contribution in [0.2, 0.25) is 0 Å². The second kappa shape index (κ2) is 4.41. The third-order valence-corrected chi connectivity index (χ3v) is 3.23. The molecule has 1 aliphatic rings. The van der Waals surface area contributed by atoms with Crippen molar-refractivity contribution in [3.05, 3.63) is 34.3 Å². The molecule has 0 aliphatic carbocycles. The minimum atomic E-state index is -0.745. The molecule has 0 spiro atoms. The Labute approximate surface area is 91.8 Å². The standard InChI is InChI=1S/C11H13BrFN/c12-9-3-1-8(2-4-9)10-5-6-14-7-11(10)13/h1-4,10-11,14H,5-7H2/t10-,11+/m1/s1. The van der Waals surface area contributed by atoms with Crippen molar-refractivity contribution in [3.8, 4) is 0 Å². The van der Waals surface area contributed by atoms with Crippen LogP contribution in [0.4, 0.5) is 4.39 Å². The third kappa shape index (κ3) is 2.15. The van der Waals surface area contributed by atoms with Crippen molar-refractivity contribution in [1.29, 1.82) is 0 Å². The van der Waals surface area contributed by atoms with Crippen LogP contribution in [0.5, 0.6) is 0 Å². The molecule has 76 valence electrons. The highest BCUT2D eigenvalue weighted by molar-refractivity contribution is 9.10. The molecule has 0 radical (unpaired) electrons. The Morgan fingerprint density at radius 2 is 2.00 bits per heavy atom. The van der Waals surface area contributed by atoms with Gasteiger partial charge in [-0.3, -0.25) is 0 Å². The number of hydrogen-bond donors (Lipinski definition) is 1. The van der Waals surface area contributed by atoms with Crippen LogP contribution in [-0.4, -0.2) is 19.3 Å². The molecular formula is C11H13BrFN. The van der Waals surface area contributed by atoms with Crippen molar-refractivity contribution in [2.45, 2.75) is 18.5 Å². The van der Waals surface area contributed by atoms with Gasteiger partial charge in [-0.15, -0.1) is 0 Å². The first-order valence-corrected chi connectivity index (χ1v) is 5.67. The van der Waals surface area contributed by atoms with Crippen molar-refractivity contribution >= 4 is 15.9 Å². The minimum Gasteiger partial charge on any atom is -0.314 e.